The van der Waals surface area contributed by atoms with Crippen LogP contribution in [-0.2, 0) is 4.74 Å². The van der Waals surface area contributed by atoms with Crippen molar-refractivity contribution in [1.29, 1.82) is 0 Å². The molecule has 0 heterocycles. The van der Waals surface area contributed by atoms with Gasteiger partial charge in [0.25, 0.3) is 0 Å². The van der Waals surface area contributed by atoms with Crippen LogP contribution in [0, 0.1) is 0 Å². The van der Waals surface area contributed by atoms with Crippen molar-refractivity contribution in [3.63, 3.8) is 0 Å². The van der Waals surface area contributed by atoms with Gasteiger partial charge in [-0.05, 0) is 38.4 Å². The lowest BCUT2D eigenvalue weighted by atomic mass is 9.96. The van der Waals surface area contributed by atoms with E-state index in [0.717, 1.165) is 17.1 Å². The molecule has 106 valence electrons. The molecule has 1 atom stereocenters. The van der Waals surface area contributed by atoms with Gasteiger partial charge in [-0.3, -0.25) is 0 Å². The summed E-state index contributed by atoms with van der Waals surface area (Å²) >= 11 is 0. The second kappa shape index (κ2) is 6.78. The van der Waals surface area contributed by atoms with Gasteiger partial charge >= 0.3 is 0 Å². The minimum Gasteiger partial charge on any atom is -0.497 e. The van der Waals surface area contributed by atoms with Crippen LogP contribution in [-0.4, -0.2) is 34.0 Å². The molecule has 0 radical (unpaired) electrons. The van der Waals surface area contributed by atoms with Crippen molar-refractivity contribution in [1.82, 2.24) is 5.32 Å². The summed E-state index contributed by atoms with van der Waals surface area (Å²) in [7, 11) is 5.28. The molecule has 1 aromatic carbocycles. The van der Waals surface area contributed by atoms with Crippen molar-refractivity contribution in [3.05, 3.63) is 23.8 Å². The Balaban J connectivity index is 2.07. The molecule has 1 fully saturated rings. The van der Waals surface area contributed by atoms with E-state index in [1.54, 1.807) is 14.2 Å². The monoisotopic (exact) mass is 265 g/mol. The Morgan fingerprint density at radius 3 is 2.58 bits per heavy atom. The van der Waals surface area contributed by atoms with Crippen LogP contribution >= 0.6 is 0 Å². The normalized spacial score (nSPS) is 16.8. The van der Waals surface area contributed by atoms with Gasteiger partial charge in [-0.1, -0.05) is 0 Å². The van der Waals surface area contributed by atoms with Crippen molar-refractivity contribution in [2.24, 2.45) is 0 Å². The zero-order chi connectivity index (χ0) is 13.7. The summed E-state index contributed by atoms with van der Waals surface area (Å²) in [6.45, 7) is 0.670. The number of rotatable bonds is 7. The van der Waals surface area contributed by atoms with Crippen molar-refractivity contribution in [2.45, 2.75) is 31.4 Å². The minimum absolute atomic E-state index is 0.140. The second-order valence-corrected chi connectivity index (χ2v) is 4.84. The van der Waals surface area contributed by atoms with Crippen LogP contribution in [0.5, 0.6) is 11.5 Å². The third-order valence-electron chi connectivity index (χ3n) is 3.72. The first-order valence-electron chi connectivity index (χ1n) is 6.79. The van der Waals surface area contributed by atoms with E-state index < -0.39 is 0 Å². The zero-order valence-electron chi connectivity index (χ0n) is 11.9. The smallest absolute Gasteiger partial charge is 0.127 e. The van der Waals surface area contributed by atoms with E-state index in [-0.39, 0.29) is 6.04 Å². The van der Waals surface area contributed by atoms with Gasteiger partial charge in [0.15, 0.2) is 0 Å². The number of hydrogen-bond donors (Lipinski definition) is 1. The number of hydrogen-bond acceptors (Lipinski definition) is 4. The van der Waals surface area contributed by atoms with Crippen molar-refractivity contribution >= 4 is 0 Å². The molecule has 1 aromatic rings. The summed E-state index contributed by atoms with van der Waals surface area (Å²) in [5, 5.41) is 3.29. The van der Waals surface area contributed by atoms with Crippen LogP contribution in [0.4, 0.5) is 0 Å². The van der Waals surface area contributed by atoms with Crippen molar-refractivity contribution < 1.29 is 14.2 Å². The van der Waals surface area contributed by atoms with Gasteiger partial charge in [-0.25, -0.2) is 0 Å². The molecule has 0 aromatic heterocycles. The highest BCUT2D eigenvalue weighted by molar-refractivity contribution is 5.42. The maximum Gasteiger partial charge on any atom is 0.127 e. The molecular weight excluding hydrogens is 242 g/mol. The first-order valence-corrected chi connectivity index (χ1v) is 6.79. The Bertz CT molecular complexity index is 404. The molecule has 1 saturated carbocycles. The molecule has 1 N–H and O–H groups in total. The highest BCUT2D eigenvalue weighted by atomic mass is 16.5. The predicted octanol–water partition coefficient (Wildman–Crippen LogP) is 2.53. The number of nitrogens with one attached hydrogen (secondary N) is 1. The second-order valence-electron chi connectivity index (χ2n) is 4.84. The number of likely N-dealkylation sites (N-methyl/N-ethyl adjacent to an activating group) is 1. The first kappa shape index (κ1) is 14.2. The molecule has 4 nitrogen and oxygen atoms in total. The summed E-state index contributed by atoms with van der Waals surface area (Å²) in [6, 6.07) is 6.03. The fourth-order valence-electron chi connectivity index (χ4n) is 2.20. The summed E-state index contributed by atoms with van der Waals surface area (Å²) in [5.74, 6) is 1.63. The maximum absolute atomic E-state index is 5.89. The van der Waals surface area contributed by atoms with E-state index in [2.05, 4.69) is 5.32 Å². The summed E-state index contributed by atoms with van der Waals surface area (Å²) < 4.78 is 16.6. The lowest BCUT2D eigenvalue weighted by Crippen LogP contribution is -2.28. The Morgan fingerprint density at radius 1 is 1.26 bits per heavy atom. The highest BCUT2D eigenvalue weighted by Crippen LogP contribution is 2.31. The quantitative estimate of drug-likeness (QED) is 0.822. The largest absolute Gasteiger partial charge is 0.497 e. The Kier molecular flexibility index (Phi) is 5.05. The zero-order valence-corrected chi connectivity index (χ0v) is 11.9. The fourth-order valence-corrected chi connectivity index (χ4v) is 2.20. The van der Waals surface area contributed by atoms with Crippen LogP contribution in [0.1, 0.15) is 30.9 Å². The molecule has 1 unspecified atom stereocenters. The Morgan fingerprint density at radius 2 is 2.05 bits per heavy atom. The highest BCUT2D eigenvalue weighted by Gasteiger charge is 2.21. The van der Waals surface area contributed by atoms with E-state index in [9.17, 15) is 0 Å². The third kappa shape index (κ3) is 3.39. The summed E-state index contributed by atoms with van der Waals surface area (Å²) in [4.78, 5) is 0. The summed E-state index contributed by atoms with van der Waals surface area (Å²) in [5.41, 5.74) is 1.10. The van der Waals surface area contributed by atoms with Gasteiger partial charge in [-0.2, -0.15) is 0 Å². The molecule has 2 rings (SSSR count). The molecule has 0 bridgehead atoms. The first-order chi connectivity index (χ1) is 9.28. The average molecular weight is 265 g/mol. The van der Waals surface area contributed by atoms with Crippen molar-refractivity contribution in [2.75, 3.05) is 27.9 Å². The number of benzene rings is 1. The standard InChI is InChI=1S/C15H23NO3/c1-16-14(10-19-11-5-4-6-11)13-8-7-12(17-2)9-15(13)18-3/h7-9,11,14,16H,4-6,10H2,1-3H3. The molecular formula is C15H23NO3. The SMILES string of the molecule is CNC(COC1CCC1)c1ccc(OC)cc1OC. The average Bonchev–Trinajstić information content (AvgIpc) is 2.41. The van der Waals surface area contributed by atoms with Gasteiger partial charge in [-0.15, -0.1) is 0 Å². The molecule has 0 saturated heterocycles. The summed E-state index contributed by atoms with van der Waals surface area (Å²) in [6.07, 6.45) is 4.12. The molecule has 0 aliphatic heterocycles. The molecule has 1 aliphatic carbocycles. The predicted molar refractivity (Wildman–Crippen MR) is 74.9 cm³/mol. The molecule has 0 amide bonds. The number of ether oxygens (including phenoxy) is 3. The molecule has 19 heavy (non-hydrogen) atoms. The van der Waals surface area contributed by atoms with Crippen LogP contribution in [0.25, 0.3) is 0 Å². The molecule has 1 aliphatic rings. The van der Waals surface area contributed by atoms with E-state index in [1.807, 2.05) is 25.2 Å². The van der Waals surface area contributed by atoms with E-state index in [4.69, 9.17) is 14.2 Å². The topological polar surface area (TPSA) is 39.7 Å². The lowest BCUT2D eigenvalue weighted by molar-refractivity contribution is -0.00818. The van der Waals surface area contributed by atoms with Crippen molar-refractivity contribution in [3.8, 4) is 11.5 Å². The van der Waals surface area contributed by atoms with Gasteiger partial charge in [0.1, 0.15) is 11.5 Å². The van der Waals surface area contributed by atoms with Crippen LogP contribution < -0.4 is 14.8 Å². The molecule has 0 spiro atoms. The molecule has 4 heteroatoms. The maximum atomic E-state index is 5.89. The Hall–Kier alpha value is -1.26. The van der Waals surface area contributed by atoms with E-state index >= 15 is 0 Å². The van der Waals surface area contributed by atoms with Crippen LogP contribution in [0.2, 0.25) is 0 Å². The van der Waals surface area contributed by atoms with E-state index in [1.165, 1.54) is 19.3 Å². The van der Waals surface area contributed by atoms with E-state index in [0.29, 0.717) is 12.7 Å². The third-order valence-corrected chi connectivity index (χ3v) is 3.72. The Labute approximate surface area is 115 Å². The van der Waals surface area contributed by atoms with Gasteiger partial charge in [0, 0.05) is 11.6 Å². The van der Waals surface area contributed by atoms with Gasteiger partial charge in [0.2, 0.25) is 0 Å². The minimum atomic E-state index is 0.140. The lowest BCUT2D eigenvalue weighted by Gasteiger charge is -2.28. The van der Waals surface area contributed by atoms with Gasteiger partial charge in [0.05, 0.1) is 33.0 Å². The fraction of sp³-hybridized carbons (Fsp3) is 0.600. The number of methoxy groups -OCH3 is 2. The van der Waals surface area contributed by atoms with Crippen LogP contribution in [0.15, 0.2) is 18.2 Å². The van der Waals surface area contributed by atoms with Gasteiger partial charge < -0.3 is 19.5 Å². The van der Waals surface area contributed by atoms with Crippen LogP contribution in [0.3, 0.4) is 0 Å².